The SMILES string of the molecule is C/C(=C\C(C)C)C(=O)O[C@H]1C(=O)OCC1(C)C. The number of allylic oxidation sites excluding steroid dienone is 1. The number of hydrogen-bond acceptors (Lipinski definition) is 4. The van der Waals surface area contributed by atoms with Gasteiger partial charge in [-0.25, -0.2) is 9.59 Å². The molecule has 4 nitrogen and oxygen atoms in total. The van der Waals surface area contributed by atoms with Crippen LogP contribution >= 0.6 is 0 Å². The highest BCUT2D eigenvalue weighted by atomic mass is 16.6. The quantitative estimate of drug-likeness (QED) is 0.560. The predicted octanol–water partition coefficient (Wildman–Crippen LogP) is 2.08. The van der Waals surface area contributed by atoms with Crippen LogP contribution in [-0.4, -0.2) is 24.6 Å². The van der Waals surface area contributed by atoms with E-state index < -0.39 is 23.5 Å². The van der Waals surface area contributed by atoms with Gasteiger partial charge in [0.1, 0.15) is 6.61 Å². The number of ether oxygens (including phenoxy) is 2. The maximum absolute atomic E-state index is 11.8. The van der Waals surface area contributed by atoms with Crippen molar-refractivity contribution in [1.29, 1.82) is 0 Å². The van der Waals surface area contributed by atoms with Crippen molar-refractivity contribution in [1.82, 2.24) is 0 Å². The molecule has 0 N–H and O–H groups in total. The second-order valence-electron chi connectivity index (χ2n) is 5.48. The zero-order valence-corrected chi connectivity index (χ0v) is 11.1. The van der Waals surface area contributed by atoms with Gasteiger partial charge >= 0.3 is 11.9 Å². The van der Waals surface area contributed by atoms with Crippen molar-refractivity contribution in [3.8, 4) is 0 Å². The smallest absolute Gasteiger partial charge is 0.348 e. The van der Waals surface area contributed by atoms with E-state index in [4.69, 9.17) is 9.47 Å². The summed E-state index contributed by atoms with van der Waals surface area (Å²) >= 11 is 0. The summed E-state index contributed by atoms with van der Waals surface area (Å²) in [6, 6.07) is 0. The molecule has 96 valence electrons. The van der Waals surface area contributed by atoms with Crippen LogP contribution in [0.2, 0.25) is 0 Å². The molecule has 1 atom stereocenters. The van der Waals surface area contributed by atoms with Crippen LogP contribution < -0.4 is 0 Å². The Labute approximate surface area is 102 Å². The minimum atomic E-state index is -0.800. The number of esters is 2. The monoisotopic (exact) mass is 240 g/mol. The summed E-state index contributed by atoms with van der Waals surface area (Å²) in [7, 11) is 0. The van der Waals surface area contributed by atoms with E-state index in [1.807, 2.05) is 33.8 Å². The molecule has 4 heteroatoms. The first-order chi connectivity index (χ1) is 7.74. The van der Waals surface area contributed by atoms with Crippen molar-refractivity contribution in [2.24, 2.45) is 11.3 Å². The average molecular weight is 240 g/mol. The molecule has 0 unspecified atom stereocenters. The lowest BCUT2D eigenvalue weighted by molar-refractivity contribution is -0.160. The molecular weight excluding hydrogens is 220 g/mol. The topological polar surface area (TPSA) is 52.6 Å². The molecule has 0 spiro atoms. The Morgan fingerprint density at radius 2 is 2.12 bits per heavy atom. The van der Waals surface area contributed by atoms with Crippen LogP contribution in [0.4, 0.5) is 0 Å². The van der Waals surface area contributed by atoms with Gasteiger partial charge in [0.25, 0.3) is 0 Å². The molecule has 1 heterocycles. The molecule has 1 saturated heterocycles. The molecule has 17 heavy (non-hydrogen) atoms. The summed E-state index contributed by atoms with van der Waals surface area (Å²) in [5, 5.41) is 0. The first-order valence-corrected chi connectivity index (χ1v) is 5.80. The van der Waals surface area contributed by atoms with Crippen LogP contribution in [0.5, 0.6) is 0 Å². The average Bonchev–Trinajstić information content (AvgIpc) is 2.43. The summed E-state index contributed by atoms with van der Waals surface area (Å²) in [5.41, 5.74) is 0.0701. The summed E-state index contributed by atoms with van der Waals surface area (Å²) < 4.78 is 10.1. The molecule has 0 saturated carbocycles. The molecule has 0 bridgehead atoms. The molecular formula is C13H20O4. The van der Waals surface area contributed by atoms with E-state index in [0.717, 1.165) is 0 Å². The number of rotatable bonds is 3. The van der Waals surface area contributed by atoms with E-state index in [1.54, 1.807) is 6.92 Å². The van der Waals surface area contributed by atoms with Crippen LogP contribution in [0.25, 0.3) is 0 Å². The van der Waals surface area contributed by atoms with Gasteiger partial charge in [-0.3, -0.25) is 0 Å². The van der Waals surface area contributed by atoms with Gasteiger partial charge in [-0.05, 0) is 12.8 Å². The third-order valence-electron chi connectivity index (χ3n) is 2.64. The van der Waals surface area contributed by atoms with Gasteiger partial charge in [-0.2, -0.15) is 0 Å². The number of carbonyl (C=O) groups excluding carboxylic acids is 2. The van der Waals surface area contributed by atoms with Crippen molar-refractivity contribution >= 4 is 11.9 Å². The molecule has 1 aliphatic rings. The maximum atomic E-state index is 11.8. The van der Waals surface area contributed by atoms with Crippen LogP contribution in [-0.2, 0) is 19.1 Å². The van der Waals surface area contributed by atoms with Crippen LogP contribution in [0, 0.1) is 11.3 Å². The van der Waals surface area contributed by atoms with E-state index in [1.165, 1.54) is 0 Å². The minimum absolute atomic E-state index is 0.270. The maximum Gasteiger partial charge on any atom is 0.348 e. The van der Waals surface area contributed by atoms with E-state index >= 15 is 0 Å². The van der Waals surface area contributed by atoms with Crippen LogP contribution in [0.3, 0.4) is 0 Å². The number of carbonyl (C=O) groups is 2. The Morgan fingerprint density at radius 1 is 1.53 bits per heavy atom. The fourth-order valence-corrected chi connectivity index (χ4v) is 1.70. The molecule has 0 amide bonds. The van der Waals surface area contributed by atoms with Gasteiger partial charge in [-0.15, -0.1) is 0 Å². The van der Waals surface area contributed by atoms with Crippen LogP contribution in [0.15, 0.2) is 11.6 Å². The van der Waals surface area contributed by atoms with Crippen molar-refractivity contribution in [2.75, 3.05) is 6.61 Å². The summed E-state index contributed by atoms with van der Waals surface area (Å²) in [6.45, 7) is 9.62. The molecule has 1 fully saturated rings. The first kappa shape index (κ1) is 13.7. The largest absolute Gasteiger partial charge is 0.462 e. The lowest BCUT2D eigenvalue weighted by Gasteiger charge is -2.21. The van der Waals surface area contributed by atoms with Crippen molar-refractivity contribution in [3.63, 3.8) is 0 Å². The van der Waals surface area contributed by atoms with Gasteiger partial charge in [0.2, 0.25) is 6.10 Å². The molecule has 1 aliphatic heterocycles. The highest BCUT2D eigenvalue weighted by Crippen LogP contribution is 2.31. The summed E-state index contributed by atoms with van der Waals surface area (Å²) in [5.74, 6) is -0.637. The third kappa shape index (κ3) is 3.32. The lowest BCUT2D eigenvalue weighted by atomic mass is 9.90. The fraction of sp³-hybridized carbons (Fsp3) is 0.692. The first-order valence-electron chi connectivity index (χ1n) is 5.80. The zero-order valence-electron chi connectivity index (χ0n) is 11.1. The molecule has 0 aromatic rings. The van der Waals surface area contributed by atoms with E-state index in [9.17, 15) is 9.59 Å². The van der Waals surface area contributed by atoms with Crippen molar-refractivity contribution < 1.29 is 19.1 Å². The summed E-state index contributed by atoms with van der Waals surface area (Å²) in [4.78, 5) is 23.2. The fourth-order valence-electron chi connectivity index (χ4n) is 1.70. The third-order valence-corrected chi connectivity index (χ3v) is 2.64. The van der Waals surface area contributed by atoms with Gasteiger partial charge in [0, 0.05) is 11.0 Å². The lowest BCUT2D eigenvalue weighted by Crippen LogP contribution is -2.35. The Morgan fingerprint density at radius 3 is 2.53 bits per heavy atom. The Kier molecular flexibility index (Phi) is 3.96. The Bertz CT molecular complexity index is 352. The molecule has 1 rings (SSSR count). The highest BCUT2D eigenvalue weighted by Gasteiger charge is 2.46. The second kappa shape index (κ2) is 4.90. The standard InChI is InChI=1S/C13H20O4/c1-8(2)6-9(3)11(14)17-10-12(15)16-7-13(10,4)5/h6,8,10H,7H2,1-5H3/b9-6+/t10-/m0/s1. The molecule has 0 radical (unpaired) electrons. The van der Waals surface area contributed by atoms with Gasteiger partial charge in [-0.1, -0.05) is 33.8 Å². The molecule has 0 aliphatic carbocycles. The van der Waals surface area contributed by atoms with Gasteiger partial charge in [0.05, 0.1) is 0 Å². The number of hydrogen-bond donors (Lipinski definition) is 0. The molecule has 0 aromatic carbocycles. The van der Waals surface area contributed by atoms with Crippen LogP contribution in [0.1, 0.15) is 34.6 Å². The summed E-state index contributed by atoms with van der Waals surface area (Å²) in [6.07, 6.45) is 1.01. The normalized spacial score (nSPS) is 23.8. The van der Waals surface area contributed by atoms with Gasteiger partial charge in [0.15, 0.2) is 0 Å². The highest BCUT2D eigenvalue weighted by molar-refractivity contribution is 5.90. The zero-order chi connectivity index (χ0) is 13.2. The number of cyclic esters (lactones) is 1. The second-order valence-corrected chi connectivity index (χ2v) is 5.48. The van der Waals surface area contributed by atoms with Crippen molar-refractivity contribution in [3.05, 3.63) is 11.6 Å². The minimum Gasteiger partial charge on any atom is -0.462 e. The predicted molar refractivity (Wildman–Crippen MR) is 63.2 cm³/mol. The van der Waals surface area contributed by atoms with E-state index in [2.05, 4.69) is 0 Å². The van der Waals surface area contributed by atoms with E-state index in [0.29, 0.717) is 5.57 Å². The molecule has 0 aromatic heterocycles. The Balaban J connectivity index is 2.72. The Hall–Kier alpha value is -1.32. The van der Waals surface area contributed by atoms with Crippen molar-refractivity contribution in [2.45, 2.75) is 40.7 Å². The van der Waals surface area contributed by atoms with E-state index in [-0.39, 0.29) is 12.5 Å². The van der Waals surface area contributed by atoms with Gasteiger partial charge < -0.3 is 9.47 Å².